The molecule has 2 aliphatic heterocycles. The lowest BCUT2D eigenvalue weighted by Gasteiger charge is -2.32. The van der Waals surface area contributed by atoms with Crippen LogP contribution in [0.25, 0.3) is 0 Å². The van der Waals surface area contributed by atoms with Gasteiger partial charge in [0.25, 0.3) is 0 Å². The number of aryl methyl sites for hydroxylation is 1. The van der Waals surface area contributed by atoms with Crippen LogP contribution in [0.5, 0.6) is 0 Å². The summed E-state index contributed by atoms with van der Waals surface area (Å²) >= 11 is 1.84. The molecule has 5 nitrogen and oxygen atoms in total. The second kappa shape index (κ2) is 5.83. The zero-order valence-corrected chi connectivity index (χ0v) is 13.3. The van der Waals surface area contributed by atoms with E-state index >= 15 is 0 Å². The van der Waals surface area contributed by atoms with E-state index in [1.54, 1.807) is 0 Å². The van der Waals surface area contributed by atoms with Gasteiger partial charge in [0.15, 0.2) is 5.13 Å². The minimum Gasteiger partial charge on any atom is -0.379 e. The SMILES string of the molecule is NC1CCCc2nc(N3CCC(N4CCOCC4)C3)sc21. The van der Waals surface area contributed by atoms with E-state index in [0.29, 0.717) is 6.04 Å². The molecule has 21 heavy (non-hydrogen) atoms. The maximum atomic E-state index is 6.23. The number of nitrogens with two attached hydrogens (primary N) is 1. The van der Waals surface area contributed by atoms with Crippen molar-refractivity contribution in [3.63, 3.8) is 0 Å². The lowest BCUT2D eigenvalue weighted by atomic mass is 9.99. The molecule has 2 atom stereocenters. The first-order valence-electron chi connectivity index (χ1n) is 8.13. The van der Waals surface area contributed by atoms with Crippen LogP contribution in [0, 0.1) is 0 Å². The Labute approximate surface area is 130 Å². The molecule has 116 valence electrons. The molecule has 0 spiro atoms. The number of hydrogen-bond donors (Lipinski definition) is 1. The van der Waals surface area contributed by atoms with Crippen LogP contribution in [0.4, 0.5) is 5.13 Å². The highest BCUT2D eigenvalue weighted by Crippen LogP contribution is 2.37. The van der Waals surface area contributed by atoms with Gasteiger partial charge in [-0.1, -0.05) is 11.3 Å². The number of anilines is 1. The third kappa shape index (κ3) is 2.70. The Hall–Kier alpha value is -0.690. The molecular formula is C15H24N4OS. The molecule has 4 rings (SSSR count). The molecule has 0 amide bonds. The Balaban J connectivity index is 1.45. The van der Waals surface area contributed by atoms with Crippen molar-refractivity contribution in [2.45, 2.75) is 37.8 Å². The van der Waals surface area contributed by atoms with Gasteiger partial charge in [-0.3, -0.25) is 4.90 Å². The normalized spacial score (nSPS) is 30.6. The summed E-state index contributed by atoms with van der Waals surface area (Å²) in [5.74, 6) is 0. The Morgan fingerprint density at radius 2 is 2.05 bits per heavy atom. The van der Waals surface area contributed by atoms with Gasteiger partial charge in [-0.2, -0.15) is 0 Å². The number of hydrogen-bond acceptors (Lipinski definition) is 6. The molecule has 2 saturated heterocycles. The number of ether oxygens (including phenoxy) is 1. The van der Waals surface area contributed by atoms with Crippen LogP contribution in [0.3, 0.4) is 0 Å². The van der Waals surface area contributed by atoms with Crippen LogP contribution in [0.2, 0.25) is 0 Å². The Kier molecular flexibility index (Phi) is 3.87. The van der Waals surface area contributed by atoms with Gasteiger partial charge in [0.1, 0.15) is 0 Å². The third-order valence-electron chi connectivity index (χ3n) is 4.98. The first kappa shape index (κ1) is 13.9. The summed E-state index contributed by atoms with van der Waals surface area (Å²) in [5.41, 5.74) is 7.50. The summed E-state index contributed by atoms with van der Waals surface area (Å²) in [6.45, 7) is 6.18. The number of aromatic nitrogens is 1. The Morgan fingerprint density at radius 1 is 1.19 bits per heavy atom. The summed E-state index contributed by atoms with van der Waals surface area (Å²) in [7, 11) is 0. The summed E-state index contributed by atoms with van der Waals surface area (Å²) in [6, 6.07) is 0.890. The predicted octanol–water partition coefficient (Wildman–Crippen LogP) is 1.39. The van der Waals surface area contributed by atoms with E-state index in [1.807, 2.05) is 11.3 Å². The predicted molar refractivity (Wildman–Crippen MR) is 85.0 cm³/mol. The number of nitrogens with zero attached hydrogens (tertiary/aromatic N) is 3. The summed E-state index contributed by atoms with van der Waals surface area (Å²) in [5, 5.41) is 1.20. The van der Waals surface area contributed by atoms with Crippen LogP contribution in [0.15, 0.2) is 0 Å². The smallest absolute Gasteiger partial charge is 0.185 e. The van der Waals surface area contributed by atoms with Gasteiger partial charge in [0, 0.05) is 43.1 Å². The summed E-state index contributed by atoms with van der Waals surface area (Å²) in [4.78, 5) is 11.3. The summed E-state index contributed by atoms with van der Waals surface area (Å²) in [6.07, 6.45) is 4.66. The van der Waals surface area contributed by atoms with Crippen molar-refractivity contribution in [2.75, 3.05) is 44.3 Å². The van der Waals surface area contributed by atoms with Gasteiger partial charge in [0.2, 0.25) is 0 Å². The fraction of sp³-hybridized carbons (Fsp3) is 0.800. The molecule has 0 saturated carbocycles. The van der Waals surface area contributed by atoms with Crippen molar-refractivity contribution in [1.82, 2.24) is 9.88 Å². The molecule has 6 heteroatoms. The lowest BCUT2D eigenvalue weighted by Crippen LogP contribution is -2.44. The topological polar surface area (TPSA) is 54.6 Å². The molecule has 0 bridgehead atoms. The average Bonchev–Trinajstić information content (AvgIpc) is 3.15. The van der Waals surface area contributed by atoms with Crippen LogP contribution >= 0.6 is 11.3 Å². The maximum absolute atomic E-state index is 6.23. The highest BCUT2D eigenvalue weighted by Gasteiger charge is 2.31. The first-order chi connectivity index (χ1) is 10.3. The zero-order chi connectivity index (χ0) is 14.2. The fourth-order valence-corrected chi connectivity index (χ4v) is 4.91. The van der Waals surface area contributed by atoms with Gasteiger partial charge >= 0.3 is 0 Å². The monoisotopic (exact) mass is 308 g/mol. The van der Waals surface area contributed by atoms with Gasteiger partial charge in [-0.15, -0.1) is 0 Å². The quantitative estimate of drug-likeness (QED) is 0.895. The third-order valence-corrected chi connectivity index (χ3v) is 6.27. The second-order valence-electron chi connectivity index (χ2n) is 6.34. The largest absolute Gasteiger partial charge is 0.379 e. The van der Waals surface area contributed by atoms with Crippen molar-refractivity contribution >= 4 is 16.5 Å². The highest BCUT2D eigenvalue weighted by molar-refractivity contribution is 7.15. The Morgan fingerprint density at radius 3 is 2.86 bits per heavy atom. The van der Waals surface area contributed by atoms with Crippen molar-refractivity contribution in [3.05, 3.63) is 10.6 Å². The van der Waals surface area contributed by atoms with Gasteiger partial charge in [-0.05, 0) is 25.7 Å². The number of fused-ring (bicyclic) bond motifs is 1. The maximum Gasteiger partial charge on any atom is 0.185 e. The second-order valence-corrected chi connectivity index (χ2v) is 7.35. The van der Waals surface area contributed by atoms with Crippen LogP contribution in [-0.2, 0) is 11.2 Å². The van der Waals surface area contributed by atoms with Crippen LogP contribution in [0.1, 0.15) is 35.9 Å². The van der Waals surface area contributed by atoms with Gasteiger partial charge in [-0.25, -0.2) is 4.98 Å². The number of rotatable bonds is 2. The summed E-state index contributed by atoms with van der Waals surface area (Å²) < 4.78 is 5.46. The van der Waals surface area contributed by atoms with Crippen LogP contribution < -0.4 is 10.6 Å². The number of morpholine rings is 1. The molecule has 2 N–H and O–H groups in total. The fourth-order valence-electron chi connectivity index (χ4n) is 3.73. The van der Waals surface area contributed by atoms with Gasteiger partial charge < -0.3 is 15.4 Å². The standard InChI is InChI=1S/C15H24N4OS/c16-12-2-1-3-13-14(12)21-15(17-13)19-5-4-11(10-19)18-6-8-20-9-7-18/h11-12H,1-10,16H2. The van der Waals surface area contributed by atoms with Crippen molar-refractivity contribution in [2.24, 2.45) is 5.73 Å². The molecule has 2 unspecified atom stereocenters. The van der Waals surface area contributed by atoms with Gasteiger partial charge in [0.05, 0.1) is 18.9 Å². The molecule has 0 radical (unpaired) electrons. The highest BCUT2D eigenvalue weighted by atomic mass is 32.1. The van der Waals surface area contributed by atoms with E-state index in [2.05, 4.69) is 9.80 Å². The van der Waals surface area contributed by atoms with Crippen LogP contribution in [-0.4, -0.2) is 55.3 Å². The van der Waals surface area contributed by atoms with Crippen molar-refractivity contribution < 1.29 is 4.74 Å². The molecule has 3 heterocycles. The zero-order valence-electron chi connectivity index (χ0n) is 12.5. The molecule has 0 aromatic carbocycles. The van der Waals surface area contributed by atoms with E-state index in [0.717, 1.165) is 52.2 Å². The van der Waals surface area contributed by atoms with E-state index in [-0.39, 0.29) is 6.04 Å². The van der Waals surface area contributed by atoms with E-state index in [1.165, 1.54) is 28.5 Å². The Bertz CT molecular complexity index is 500. The minimum absolute atomic E-state index is 0.220. The van der Waals surface area contributed by atoms with Crippen molar-refractivity contribution in [3.8, 4) is 0 Å². The van der Waals surface area contributed by atoms with E-state index < -0.39 is 0 Å². The molecule has 1 aromatic heterocycles. The minimum atomic E-state index is 0.220. The first-order valence-corrected chi connectivity index (χ1v) is 8.95. The molecule has 3 aliphatic rings. The molecule has 1 aromatic rings. The van der Waals surface area contributed by atoms with E-state index in [9.17, 15) is 0 Å². The average molecular weight is 308 g/mol. The number of thiazole rings is 1. The molecular weight excluding hydrogens is 284 g/mol. The molecule has 2 fully saturated rings. The van der Waals surface area contributed by atoms with E-state index in [4.69, 9.17) is 15.5 Å². The lowest BCUT2D eigenvalue weighted by molar-refractivity contribution is 0.0209. The molecule has 1 aliphatic carbocycles. The van der Waals surface area contributed by atoms with Crippen molar-refractivity contribution in [1.29, 1.82) is 0 Å².